The SMILES string of the molecule is Cc1cccc(NC(=O)Cn2nnc3sc4c(c3c2=O)CC[C@H](C)C4)c1C. The van der Waals surface area contributed by atoms with Crippen molar-refractivity contribution in [2.24, 2.45) is 5.92 Å². The number of fused-ring (bicyclic) bond motifs is 3. The molecule has 0 fully saturated rings. The number of aryl methyl sites for hydroxylation is 2. The van der Waals surface area contributed by atoms with E-state index < -0.39 is 0 Å². The maximum atomic E-state index is 12.9. The molecular weight excluding hydrogens is 360 g/mol. The Hall–Kier alpha value is -2.54. The van der Waals surface area contributed by atoms with Gasteiger partial charge in [0.25, 0.3) is 5.56 Å². The predicted molar refractivity (Wildman–Crippen MR) is 107 cm³/mol. The lowest BCUT2D eigenvalue weighted by Gasteiger charge is -2.17. The lowest BCUT2D eigenvalue weighted by molar-refractivity contribution is -0.117. The molecule has 1 aliphatic rings. The number of nitrogens with one attached hydrogen (secondary N) is 1. The van der Waals surface area contributed by atoms with Crippen molar-refractivity contribution in [1.82, 2.24) is 15.0 Å². The van der Waals surface area contributed by atoms with Crippen molar-refractivity contribution >= 4 is 33.1 Å². The fourth-order valence-electron chi connectivity index (χ4n) is 3.61. The van der Waals surface area contributed by atoms with Gasteiger partial charge in [0, 0.05) is 10.6 Å². The summed E-state index contributed by atoms with van der Waals surface area (Å²) in [4.78, 5) is 27.3. The molecule has 0 aliphatic heterocycles. The average molecular weight is 382 g/mol. The second-order valence-corrected chi connectivity index (χ2v) is 8.46. The molecule has 0 bridgehead atoms. The van der Waals surface area contributed by atoms with Crippen LogP contribution in [-0.4, -0.2) is 20.9 Å². The fraction of sp³-hybridized carbons (Fsp3) is 0.400. The summed E-state index contributed by atoms with van der Waals surface area (Å²) in [5.41, 5.74) is 3.76. The van der Waals surface area contributed by atoms with Crippen LogP contribution in [0.3, 0.4) is 0 Å². The second kappa shape index (κ2) is 6.88. The Morgan fingerprint density at radius 2 is 2.19 bits per heavy atom. The summed E-state index contributed by atoms with van der Waals surface area (Å²) in [7, 11) is 0. The molecule has 1 aromatic carbocycles. The molecule has 0 spiro atoms. The minimum atomic E-state index is -0.280. The van der Waals surface area contributed by atoms with Gasteiger partial charge in [-0.05, 0) is 61.8 Å². The summed E-state index contributed by atoms with van der Waals surface area (Å²) in [6, 6.07) is 5.75. The molecule has 27 heavy (non-hydrogen) atoms. The van der Waals surface area contributed by atoms with E-state index in [1.807, 2.05) is 32.0 Å². The Kier molecular flexibility index (Phi) is 4.55. The van der Waals surface area contributed by atoms with Gasteiger partial charge in [-0.1, -0.05) is 24.3 Å². The summed E-state index contributed by atoms with van der Waals surface area (Å²) in [6.07, 6.45) is 2.96. The van der Waals surface area contributed by atoms with Crippen LogP contribution in [0.4, 0.5) is 5.69 Å². The monoisotopic (exact) mass is 382 g/mol. The van der Waals surface area contributed by atoms with Crippen molar-refractivity contribution in [3.05, 3.63) is 50.1 Å². The van der Waals surface area contributed by atoms with Crippen LogP contribution in [0.25, 0.3) is 10.2 Å². The number of amides is 1. The standard InChI is InChI=1S/C20H22N4O2S/c1-11-7-8-14-16(9-11)27-19-18(14)20(26)24(23-22-19)10-17(25)21-15-6-4-5-12(2)13(15)3/h4-6,11H,7-10H2,1-3H3,(H,21,25)/t11-/m0/s1. The number of aromatic nitrogens is 3. The average Bonchev–Trinajstić information content (AvgIpc) is 2.99. The molecule has 2 aromatic heterocycles. The van der Waals surface area contributed by atoms with Crippen LogP contribution in [0.2, 0.25) is 0 Å². The van der Waals surface area contributed by atoms with Gasteiger partial charge in [-0.25, -0.2) is 4.68 Å². The molecule has 140 valence electrons. The topological polar surface area (TPSA) is 76.9 Å². The first kappa shape index (κ1) is 17.9. The van der Waals surface area contributed by atoms with Crippen LogP contribution in [0, 0.1) is 19.8 Å². The van der Waals surface area contributed by atoms with E-state index in [1.54, 1.807) is 11.3 Å². The van der Waals surface area contributed by atoms with Crippen LogP contribution in [0.15, 0.2) is 23.0 Å². The molecule has 6 nitrogen and oxygen atoms in total. The van der Waals surface area contributed by atoms with Gasteiger partial charge in [0.15, 0.2) is 4.83 Å². The smallest absolute Gasteiger partial charge is 0.279 e. The number of anilines is 1. The van der Waals surface area contributed by atoms with Crippen LogP contribution in [-0.2, 0) is 24.2 Å². The number of hydrogen-bond acceptors (Lipinski definition) is 5. The largest absolute Gasteiger partial charge is 0.324 e. The van der Waals surface area contributed by atoms with E-state index in [4.69, 9.17) is 0 Å². The maximum Gasteiger partial charge on any atom is 0.279 e. The Bertz CT molecular complexity index is 1100. The van der Waals surface area contributed by atoms with E-state index in [9.17, 15) is 9.59 Å². The van der Waals surface area contributed by atoms with Gasteiger partial charge < -0.3 is 5.32 Å². The van der Waals surface area contributed by atoms with E-state index in [1.165, 1.54) is 9.56 Å². The highest BCUT2D eigenvalue weighted by Gasteiger charge is 2.24. The minimum absolute atomic E-state index is 0.143. The molecule has 1 atom stereocenters. The number of nitrogens with zero attached hydrogens (tertiary/aromatic N) is 3. The third-order valence-electron chi connectivity index (χ3n) is 5.36. The van der Waals surface area contributed by atoms with Gasteiger partial charge in [0.05, 0.1) is 5.39 Å². The van der Waals surface area contributed by atoms with Crippen LogP contribution in [0.1, 0.15) is 34.9 Å². The summed E-state index contributed by atoms with van der Waals surface area (Å²) in [5, 5.41) is 11.7. The van der Waals surface area contributed by atoms with Crippen molar-refractivity contribution in [3.63, 3.8) is 0 Å². The molecule has 3 aromatic rings. The van der Waals surface area contributed by atoms with Crippen molar-refractivity contribution in [2.45, 2.75) is 46.6 Å². The molecular formula is C20H22N4O2S. The van der Waals surface area contributed by atoms with E-state index in [-0.39, 0.29) is 18.0 Å². The Balaban J connectivity index is 1.62. The second-order valence-electron chi connectivity index (χ2n) is 7.38. The number of rotatable bonds is 3. The molecule has 7 heteroatoms. The maximum absolute atomic E-state index is 12.9. The van der Waals surface area contributed by atoms with E-state index in [0.717, 1.165) is 41.6 Å². The number of hydrogen-bond donors (Lipinski definition) is 1. The molecule has 1 N–H and O–H groups in total. The third-order valence-corrected chi connectivity index (χ3v) is 6.50. The van der Waals surface area contributed by atoms with Crippen LogP contribution >= 0.6 is 11.3 Å². The highest BCUT2D eigenvalue weighted by molar-refractivity contribution is 7.18. The van der Waals surface area contributed by atoms with Gasteiger partial charge in [0.2, 0.25) is 5.91 Å². The number of benzene rings is 1. The van der Waals surface area contributed by atoms with Gasteiger partial charge in [-0.15, -0.1) is 16.4 Å². The summed E-state index contributed by atoms with van der Waals surface area (Å²) in [5.74, 6) is 0.348. The highest BCUT2D eigenvalue weighted by atomic mass is 32.1. The van der Waals surface area contributed by atoms with E-state index in [0.29, 0.717) is 16.1 Å². The zero-order valence-electron chi connectivity index (χ0n) is 15.7. The highest BCUT2D eigenvalue weighted by Crippen LogP contribution is 2.35. The first-order chi connectivity index (χ1) is 12.9. The van der Waals surface area contributed by atoms with Gasteiger partial charge in [-0.3, -0.25) is 9.59 Å². The van der Waals surface area contributed by atoms with Crippen LogP contribution in [0.5, 0.6) is 0 Å². The first-order valence-corrected chi connectivity index (χ1v) is 9.99. The van der Waals surface area contributed by atoms with Gasteiger partial charge in [-0.2, -0.15) is 0 Å². The predicted octanol–water partition coefficient (Wildman–Crippen LogP) is 3.23. The van der Waals surface area contributed by atoms with Crippen LogP contribution < -0.4 is 10.9 Å². The Morgan fingerprint density at radius 3 is 3.00 bits per heavy atom. The molecule has 0 saturated heterocycles. The Labute approximate surface area is 161 Å². The van der Waals surface area contributed by atoms with Crippen molar-refractivity contribution in [2.75, 3.05) is 5.32 Å². The summed E-state index contributed by atoms with van der Waals surface area (Å²) >= 11 is 1.56. The number of thiophene rings is 1. The zero-order chi connectivity index (χ0) is 19.1. The summed E-state index contributed by atoms with van der Waals surface area (Å²) < 4.78 is 1.17. The third kappa shape index (κ3) is 3.27. The quantitative estimate of drug-likeness (QED) is 0.754. The van der Waals surface area contributed by atoms with Crippen molar-refractivity contribution in [3.8, 4) is 0 Å². The first-order valence-electron chi connectivity index (χ1n) is 9.18. The van der Waals surface area contributed by atoms with Gasteiger partial charge >= 0.3 is 0 Å². The molecule has 1 aliphatic carbocycles. The molecule has 0 radical (unpaired) electrons. The minimum Gasteiger partial charge on any atom is -0.324 e. The lowest BCUT2D eigenvalue weighted by Crippen LogP contribution is -2.30. The number of carbonyl (C=O) groups is 1. The Morgan fingerprint density at radius 1 is 1.37 bits per heavy atom. The molecule has 4 rings (SSSR count). The zero-order valence-corrected chi connectivity index (χ0v) is 16.5. The lowest BCUT2D eigenvalue weighted by atomic mass is 9.89. The van der Waals surface area contributed by atoms with Gasteiger partial charge in [0.1, 0.15) is 6.54 Å². The summed E-state index contributed by atoms with van der Waals surface area (Å²) in [6.45, 7) is 6.04. The molecule has 0 unspecified atom stereocenters. The van der Waals surface area contributed by atoms with E-state index in [2.05, 4.69) is 22.6 Å². The van der Waals surface area contributed by atoms with Crippen molar-refractivity contribution < 1.29 is 4.79 Å². The molecule has 2 heterocycles. The van der Waals surface area contributed by atoms with Crippen molar-refractivity contribution in [1.29, 1.82) is 0 Å². The number of carbonyl (C=O) groups excluding carboxylic acids is 1. The fourth-order valence-corrected chi connectivity index (χ4v) is 4.93. The normalized spacial score (nSPS) is 16.3. The molecule has 0 saturated carbocycles. The van der Waals surface area contributed by atoms with E-state index >= 15 is 0 Å². The molecule has 1 amide bonds.